The number of carboxylic acid groups (broad SMARTS) is 1. The molecular weight excluding hydrogens is 350 g/mol. The maximum atomic E-state index is 12.1. The van der Waals surface area contributed by atoms with Gasteiger partial charge in [0, 0.05) is 4.47 Å². The fraction of sp³-hybridized carbons (Fsp3) is 0.0833. The van der Waals surface area contributed by atoms with Crippen molar-refractivity contribution in [3.8, 4) is 0 Å². The van der Waals surface area contributed by atoms with E-state index in [2.05, 4.69) is 20.7 Å². The fourth-order valence-electron chi connectivity index (χ4n) is 1.48. The number of sulfonamides is 1. The number of carbonyl (C=O) groups is 1. The SMILES string of the molecule is Cc1ccc(Br)cc1NS(=O)(=O)c1ccc(C(=O)O)o1. The summed E-state index contributed by atoms with van der Waals surface area (Å²) < 4.78 is 32.0. The maximum absolute atomic E-state index is 12.1. The molecule has 0 aliphatic heterocycles. The molecule has 0 aliphatic rings. The van der Waals surface area contributed by atoms with Gasteiger partial charge in [0.05, 0.1) is 5.69 Å². The zero-order chi connectivity index (χ0) is 14.9. The highest BCUT2D eigenvalue weighted by Crippen LogP contribution is 2.24. The van der Waals surface area contributed by atoms with E-state index >= 15 is 0 Å². The van der Waals surface area contributed by atoms with E-state index in [1.54, 1.807) is 25.1 Å². The van der Waals surface area contributed by atoms with Crippen molar-refractivity contribution in [2.75, 3.05) is 4.72 Å². The van der Waals surface area contributed by atoms with Crippen LogP contribution in [-0.4, -0.2) is 19.5 Å². The van der Waals surface area contributed by atoms with Crippen LogP contribution in [-0.2, 0) is 10.0 Å². The van der Waals surface area contributed by atoms with Crippen LogP contribution in [0.3, 0.4) is 0 Å². The number of nitrogens with one attached hydrogen (secondary N) is 1. The Morgan fingerprint density at radius 2 is 2.00 bits per heavy atom. The molecule has 0 fully saturated rings. The Hall–Kier alpha value is -1.80. The van der Waals surface area contributed by atoms with Crippen molar-refractivity contribution in [2.45, 2.75) is 12.0 Å². The summed E-state index contributed by atoms with van der Waals surface area (Å²) in [4.78, 5) is 10.7. The highest BCUT2D eigenvalue weighted by molar-refractivity contribution is 9.10. The highest BCUT2D eigenvalue weighted by Gasteiger charge is 2.21. The average molecular weight is 360 g/mol. The molecule has 2 aromatic rings. The smallest absolute Gasteiger partial charge is 0.371 e. The van der Waals surface area contributed by atoms with E-state index in [1.807, 2.05) is 0 Å². The van der Waals surface area contributed by atoms with Crippen molar-refractivity contribution in [3.63, 3.8) is 0 Å². The number of hydrogen-bond donors (Lipinski definition) is 2. The predicted octanol–water partition coefficient (Wildman–Crippen LogP) is 2.85. The van der Waals surface area contributed by atoms with E-state index in [4.69, 9.17) is 9.52 Å². The molecule has 0 spiro atoms. The average Bonchev–Trinajstić information content (AvgIpc) is 2.84. The zero-order valence-corrected chi connectivity index (χ0v) is 12.7. The number of furan rings is 1. The molecule has 106 valence electrons. The molecule has 0 bridgehead atoms. The Balaban J connectivity index is 2.35. The van der Waals surface area contributed by atoms with Crippen LogP contribution < -0.4 is 4.72 Å². The van der Waals surface area contributed by atoms with Crippen molar-refractivity contribution in [1.82, 2.24) is 0 Å². The third-order valence-electron chi connectivity index (χ3n) is 2.50. The molecule has 0 amide bonds. The van der Waals surface area contributed by atoms with Gasteiger partial charge in [-0.05, 0) is 36.8 Å². The molecule has 1 heterocycles. The van der Waals surface area contributed by atoms with E-state index in [0.29, 0.717) is 10.2 Å². The molecule has 0 radical (unpaired) electrons. The van der Waals surface area contributed by atoms with Gasteiger partial charge < -0.3 is 9.52 Å². The first-order chi connectivity index (χ1) is 9.29. The summed E-state index contributed by atoms with van der Waals surface area (Å²) in [5, 5.41) is 8.27. The van der Waals surface area contributed by atoms with Gasteiger partial charge in [0.2, 0.25) is 10.9 Å². The molecule has 8 heteroatoms. The van der Waals surface area contributed by atoms with Crippen molar-refractivity contribution in [2.24, 2.45) is 0 Å². The summed E-state index contributed by atoms with van der Waals surface area (Å²) in [6, 6.07) is 7.31. The van der Waals surface area contributed by atoms with Crippen LogP contribution in [0.15, 0.2) is 44.3 Å². The third-order valence-corrected chi connectivity index (χ3v) is 4.23. The Morgan fingerprint density at radius 3 is 2.60 bits per heavy atom. The van der Waals surface area contributed by atoms with Crippen LogP contribution in [0.25, 0.3) is 0 Å². The predicted molar refractivity (Wildman–Crippen MR) is 75.4 cm³/mol. The first kappa shape index (κ1) is 14.6. The van der Waals surface area contributed by atoms with E-state index in [-0.39, 0.29) is 0 Å². The molecule has 0 atom stereocenters. The van der Waals surface area contributed by atoms with Gasteiger partial charge in [0.1, 0.15) is 0 Å². The fourth-order valence-corrected chi connectivity index (χ4v) is 2.90. The van der Waals surface area contributed by atoms with Crippen LogP contribution >= 0.6 is 15.9 Å². The van der Waals surface area contributed by atoms with E-state index < -0.39 is 26.8 Å². The van der Waals surface area contributed by atoms with E-state index in [0.717, 1.165) is 17.7 Å². The Bertz CT molecular complexity index is 766. The summed E-state index contributed by atoms with van der Waals surface area (Å²) >= 11 is 3.25. The van der Waals surface area contributed by atoms with Crippen molar-refractivity contribution < 1.29 is 22.7 Å². The second-order valence-corrected chi connectivity index (χ2v) is 6.52. The van der Waals surface area contributed by atoms with Crippen LogP contribution in [0.4, 0.5) is 5.69 Å². The van der Waals surface area contributed by atoms with Gasteiger partial charge >= 0.3 is 5.97 Å². The highest BCUT2D eigenvalue weighted by atomic mass is 79.9. The standard InChI is InChI=1S/C12H10BrNO5S/c1-7-2-3-8(13)6-9(7)14-20(17,18)11-5-4-10(19-11)12(15)16/h2-6,14H,1H3,(H,15,16). The minimum atomic E-state index is -3.97. The lowest BCUT2D eigenvalue weighted by Crippen LogP contribution is -2.13. The monoisotopic (exact) mass is 359 g/mol. The van der Waals surface area contributed by atoms with Gasteiger partial charge in [-0.1, -0.05) is 22.0 Å². The molecule has 20 heavy (non-hydrogen) atoms. The molecule has 2 rings (SSSR count). The lowest BCUT2D eigenvalue weighted by atomic mass is 10.2. The summed E-state index contributed by atoms with van der Waals surface area (Å²) in [7, 11) is -3.97. The second kappa shape index (κ2) is 5.29. The molecule has 1 aromatic heterocycles. The Kier molecular flexibility index (Phi) is 3.87. The number of anilines is 1. The Morgan fingerprint density at radius 1 is 1.30 bits per heavy atom. The zero-order valence-electron chi connectivity index (χ0n) is 10.3. The maximum Gasteiger partial charge on any atom is 0.371 e. The van der Waals surface area contributed by atoms with E-state index in [9.17, 15) is 13.2 Å². The summed E-state index contributed by atoms with van der Waals surface area (Å²) in [6.07, 6.45) is 0. The number of aryl methyl sites for hydroxylation is 1. The summed E-state index contributed by atoms with van der Waals surface area (Å²) in [5.74, 6) is -1.76. The minimum absolute atomic E-state index is 0.382. The first-order valence-electron chi connectivity index (χ1n) is 5.42. The molecule has 0 aliphatic carbocycles. The number of halogens is 1. The number of rotatable bonds is 4. The van der Waals surface area contributed by atoms with Crippen molar-refractivity contribution in [1.29, 1.82) is 0 Å². The largest absolute Gasteiger partial charge is 0.475 e. The van der Waals surface area contributed by atoms with Crippen molar-refractivity contribution >= 4 is 37.6 Å². The lowest BCUT2D eigenvalue weighted by Gasteiger charge is -2.09. The molecule has 0 unspecified atom stereocenters. The Labute approximate surface area is 123 Å². The number of benzene rings is 1. The van der Waals surface area contributed by atoms with E-state index in [1.165, 1.54) is 0 Å². The van der Waals surface area contributed by atoms with Gasteiger partial charge in [-0.2, -0.15) is 8.42 Å². The van der Waals surface area contributed by atoms with Gasteiger partial charge in [-0.3, -0.25) is 4.72 Å². The number of aromatic carboxylic acids is 1. The van der Waals surface area contributed by atoms with Crippen LogP contribution in [0.5, 0.6) is 0 Å². The van der Waals surface area contributed by atoms with Gasteiger partial charge in [0.25, 0.3) is 10.0 Å². The van der Waals surface area contributed by atoms with Crippen LogP contribution in [0.1, 0.15) is 16.1 Å². The number of hydrogen-bond acceptors (Lipinski definition) is 4. The number of carboxylic acids is 1. The first-order valence-corrected chi connectivity index (χ1v) is 7.69. The van der Waals surface area contributed by atoms with Gasteiger partial charge in [0.15, 0.2) is 0 Å². The molecule has 0 saturated carbocycles. The summed E-state index contributed by atoms with van der Waals surface area (Å²) in [6.45, 7) is 1.75. The molecule has 6 nitrogen and oxygen atoms in total. The van der Waals surface area contributed by atoms with Crippen molar-refractivity contribution in [3.05, 3.63) is 46.1 Å². The molecule has 1 aromatic carbocycles. The minimum Gasteiger partial charge on any atom is -0.475 e. The molecule has 2 N–H and O–H groups in total. The van der Waals surface area contributed by atoms with Crippen LogP contribution in [0, 0.1) is 6.92 Å². The topological polar surface area (TPSA) is 96.6 Å². The third kappa shape index (κ3) is 3.02. The molecule has 0 saturated heterocycles. The quantitative estimate of drug-likeness (QED) is 0.874. The summed E-state index contributed by atoms with van der Waals surface area (Å²) in [5.41, 5.74) is 1.11. The van der Waals surface area contributed by atoms with Gasteiger partial charge in [-0.15, -0.1) is 0 Å². The van der Waals surface area contributed by atoms with Gasteiger partial charge in [-0.25, -0.2) is 4.79 Å². The normalized spacial score (nSPS) is 11.3. The second-order valence-electron chi connectivity index (χ2n) is 3.99. The molecular formula is C12H10BrNO5S. The lowest BCUT2D eigenvalue weighted by molar-refractivity contribution is 0.0656. The van der Waals surface area contributed by atoms with Crippen LogP contribution in [0.2, 0.25) is 0 Å².